The zero-order chi connectivity index (χ0) is 19.7. The molecule has 0 bridgehead atoms. The summed E-state index contributed by atoms with van der Waals surface area (Å²) in [5.74, 6) is 0.602. The molecule has 144 valence electrons. The molecule has 1 N–H and O–H groups in total. The van der Waals surface area contributed by atoms with E-state index in [4.69, 9.17) is 21.3 Å². The second-order valence-electron chi connectivity index (χ2n) is 6.64. The van der Waals surface area contributed by atoms with Crippen molar-refractivity contribution in [2.45, 2.75) is 6.54 Å². The van der Waals surface area contributed by atoms with Crippen LogP contribution >= 0.6 is 11.6 Å². The summed E-state index contributed by atoms with van der Waals surface area (Å²) in [5, 5.41) is 11.8. The maximum atomic E-state index is 13.3. The summed E-state index contributed by atoms with van der Waals surface area (Å²) in [4.78, 5) is 29.7. The van der Waals surface area contributed by atoms with Crippen molar-refractivity contribution >= 4 is 28.2 Å². The van der Waals surface area contributed by atoms with Gasteiger partial charge in [-0.05, 0) is 30.3 Å². The molecular formula is C19H18ClN4O4+. The number of nitro groups is 1. The van der Waals surface area contributed by atoms with E-state index in [1.54, 1.807) is 30.3 Å². The fraction of sp³-hybridized carbons (Fsp3) is 0.263. The number of ether oxygens (including phenoxy) is 1. The fourth-order valence-electron chi connectivity index (χ4n) is 3.37. The Kier molecular flexibility index (Phi) is 5.08. The van der Waals surface area contributed by atoms with Gasteiger partial charge in [0.05, 0.1) is 34.7 Å². The Morgan fingerprint density at radius 3 is 2.57 bits per heavy atom. The Labute approximate surface area is 165 Å². The molecule has 9 heteroatoms. The van der Waals surface area contributed by atoms with Crippen LogP contribution in [0.2, 0.25) is 5.02 Å². The number of hydrogen-bond acceptors (Lipinski definition) is 5. The molecule has 1 aromatic heterocycles. The van der Waals surface area contributed by atoms with Gasteiger partial charge in [-0.25, -0.2) is 4.98 Å². The van der Waals surface area contributed by atoms with E-state index in [1.807, 2.05) is 0 Å². The van der Waals surface area contributed by atoms with E-state index in [0.717, 1.165) is 13.1 Å². The Morgan fingerprint density at radius 1 is 1.18 bits per heavy atom. The van der Waals surface area contributed by atoms with Gasteiger partial charge in [-0.1, -0.05) is 11.6 Å². The molecule has 0 saturated carbocycles. The average molecular weight is 402 g/mol. The van der Waals surface area contributed by atoms with Crippen LogP contribution in [0, 0.1) is 10.1 Å². The van der Waals surface area contributed by atoms with Crippen LogP contribution in [0.25, 0.3) is 16.6 Å². The van der Waals surface area contributed by atoms with Gasteiger partial charge in [0.15, 0.2) is 5.82 Å². The number of aromatic nitrogens is 2. The zero-order valence-corrected chi connectivity index (χ0v) is 15.7. The van der Waals surface area contributed by atoms with Crippen molar-refractivity contribution in [3.05, 3.63) is 73.8 Å². The molecule has 2 aromatic carbocycles. The highest BCUT2D eigenvalue weighted by molar-refractivity contribution is 6.31. The van der Waals surface area contributed by atoms with E-state index < -0.39 is 4.92 Å². The summed E-state index contributed by atoms with van der Waals surface area (Å²) in [7, 11) is 0. The number of rotatable bonds is 4. The second kappa shape index (κ2) is 7.67. The summed E-state index contributed by atoms with van der Waals surface area (Å²) < 4.78 is 6.93. The lowest BCUT2D eigenvalue weighted by molar-refractivity contribution is -0.922. The van der Waals surface area contributed by atoms with Gasteiger partial charge in [-0.3, -0.25) is 19.5 Å². The molecule has 0 spiro atoms. The van der Waals surface area contributed by atoms with Crippen LogP contribution in [0.1, 0.15) is 5.82 Å². The topological polar surface area (TPSA) is 91.7 Å². The number of nitro benzene ring substituents is 1. The van der Waals surface area contributed by atoms with Crippen molar-refractivity contribution in [2.75, 3.05) is 26.3 Å². The molecule has 1 saturated heterocycles. The molecule has 2 heterocycles. The molecule has 0 unspecified atom stereocenters. The van der Waals surface area contributed by atoms with Gasteiger partial charge < -0.3 is 9.64 Å². The number of nitrogens with zero attached hydrogens (tertiary/aromatic N) is 3. The first-order chi connectivity index (χ1) is 13.5. The van der Waals surface area contributed by atoms with Gasteiger partial charge in [-0.15, -0.1) is 0 Å². The highest BCUT2D eigenvalue weighted by atomic mass is 35.5. The molecule has 28 heavy (non-hydrogen) atoms. The minimum Gasteiger partial charge on any atom is -0.370 e. The Morgan fingerprint density at radius 2 is 1.89 bits per heavy atom. The van der Waals surface area contributed by atoms with E-state index in [1.165, 1.54) is 21.6 Å². The normalized spacial score (nSPS) is 15.0. The Balaban J connectivity index is 1.87. The summed E-state index contributed by atoms with van der Waals surface area (Å²) in [6.45, 7) is 3.54. The summed E-state index contributed by atoms with van der Waals surface area (Å²) >= 11 is 6.07. The quantitative estimate of drug-likeness (QED) is 0.526. The maximum Gasteiger partial charge on any atom is 0.269 e. The number of benzene rings is 2. The maximum absolute atomic E-state index is 13.3. The fourth-order valence-corrected chi connectivity index (χ4v) is 3.54. The van der Waals surface area contributed by atoms with Gasteiger partial charge in [0, 0.05) is 17.2 Å². The lowest BCUT2D eigenvalue weighted by atomic mass is 10.2. The van der Waals surface area contributed by atoms with Gasteiger partial charge in [0.1, 0.15) is 19.6 Å². The minimum absolute atomic E-state index is 0.0334. The molecule has 0 atom stereocenters. The van der Waals surface area contributed by atoms with E-state index in [0.29, 0.717) is 47.2 Å². The molecule has 1 aliphatic heterocycles. The van der Waals surface area contributed by atoms with Gasteiger partial charge >= 0.3 is 0 Å². The third kappa shape index (κ3) is 3.62. The van der Waals surface area contributed by atoms with Crippen LogP contribution in [0.5, 0.6) is 0 Å². The first kappa shape index (κ1) is 18.5. The molecule has 4 rings (SSSR count). The molecule has 0 aliphatic carbocycles. The molecule has 1 fully saturated rings. The second-order valence-corrected chi connectivity index (χ2v) is 7.08. The van der Waals surface area contributed by atoms with E-state index in [9.17, 15) is 14.9 Å². The number of quaternary nitrogens is 1. The highest BCUT2D eigenvalue weighted by Crippen LogP contribution is 2.19. The van der Waals surface area contributed by atoms with Crippen molar-refractivity contribution in [3.63, 3.8) is 0 Å². The number of nitrogens with one attached hydrogen (secondary N) is 1. The SMILES string of the molecule is O=c1c2cc(Cl)ccc2nc(C[NH+]2CCOCC2)n1-c1ccc([N+](=O)[O-])cc1. The predicted molar refractivity (Wildman–Crippen MR) is 104 cm³/mol. The first-order valence-corrected chi connectivity index (χ1v) is 9.28. The largest absolute Gasteiger partial charge is 0.370 e. The van der Waals surface area contributed by atoms with Crippen LogP contribution < -0.4 is 10.5 Å². The highest BCUT2D eigenvalue weighted by Gasteiger charge is 2.20. The first-order valence-electron chi connectivity index (χ1n) is 8.90. The number of halogens is 1. The molecule has 1 aliphatic rings. The van der Waals surface area contributed by atoms with Crippen LogP contribution in [0.3, 0.4) is 0 Å². The van der Waals surface area contributed by atoms with Crippen molar-refractivity contribution in [2.24, 2.45) is 0 Å². The van der Waals surface area contributed by atoms with Gasteiger partial charge in [-0.2, -0.15) is 0 Å². The van der Waals surface area contributed by atoms with Crippen molar-refractivity contribution in [1.82, 2.24) is 9.55 Å². The van der Waals surface area contributed by atoms with Crippen LogP contribution in [-0.4, -0.2) is 40.8 Å². The van der Waals surface area contributed by atoms with Crippen LogP contribution in [0.15, 0.2) is 47.3 Å². The Bertz CT molecular complexity index is 1090. The molecule has 0 amide bonds. The monoisotopic (exact) mass is 401 g/mol. The molecule has 8 nitrogen and oxygen atoms in total. The van der Waals surface area contributed by atoms with Crippen molar-refractivity contribution in [3.8, 4) is 5.69 Å². The lowest BCUT2D eigenvalue weighted by Gasteiger charge is -2.24. The van der Waals surface area contributed by atoms with Crippen molar-refractivity contribution < 1.29 is 14.6 Å². The summed E-state index contributed by atoms with van der Waals surface area (Å²) in [6, 6.07) is 10.9. The summed E-state index contributed by atoms with van der Waals surface area (Å²) in [5.41, 5.74) is 0.834. The van der Waals surface area contributed by atoms with Gasteiger partial charge in [0.2, 0.25) is 0 Å². The van der Waals surface area contributed by atoms with E-state index >= 15 is 0 Å². The predicted octanol–water partition coefficient (Wildman–Crippen LogP) is 1.36. The summed E-state index contributed by atoms with van der Waals surface area (Å²) in [6.07, 6.45) is 0. The minimum atomic E-state index is -0.468. The third-order valence-corrected chi connectivity index (χ3v) is 5.06. The molecule has 0 radical (unpaired) electrons. The molecular weight excluding hydrogens is 384 g/mol. The van der Waals surface area contributed by atoms with Gasteiger partial charge in [0.25, 0.3) is 11.2 Å². The van der Waals surface area contributed by atoms with Crippen LogP contribution in [-0.2, 0) is 11.3 Å². The number of fused-ring (bicyclic) bond motifs is 1. The molecule has 3 aromatic rings. The number of non-ortho nitro benzene ring substituents is 1. The number of hydrogen-bond donors (Lipinski definition) is 1. The lowest BCUT2D eigenvalue weighted by Crippen LogP contribution is -3.13. The standard InChI is InChI=1S/C19H17ClN4O4/c20-13-1-6-17-16(11-13)19(25)23(14-2-4-15(5-3-14)24(26)27)18(21-17)12-22-7-9-28-10-8-22/h1-6,11H,7-10,12H2/p+1. The van der Waals surface area contributed by atoms with Crippen molar-refractivity contribution in [1.29, 1.82) is 0 Å². The van der Waals surface area contributed by atoms with E-state index in [-0.39, 0.29) is 11.2 Å². The smallest absolute Gasteiger partial charge is 0.269 e. The number of morpholine rings is 1. The van der Waals surface area contributed by atoms with E-state index in [2.05, 4.69) is 0 Å². The third-order valence-electron chi connectivity index (χ3n) is 4.83. The zero-order valence-electron chi connectivity index (χ0n) is 14.9. The average Bonchev–Trinajstić information content (AvgIpc) is 2.70. The van der Waals surface area contributed by atoms with Crippen LogP contribution in [0.4, 0.5) is 5.69 Å². The Hall–Kier alpha value is -2.81.